The van der Waals surface area contributed by atoms with Gasteiger partial charge in [-0.05, 0) is 36.6 Å². The minimum absolute atomic E-state index is 0.114. The van der Waals surface area contributed by atoms with Gasteiger partial charge < -0.3 is 9.64 Å². The number of nitro groups is 1. The van der Waals surface area contributed by atoms with Crippen molar-refractivity contribution in [2.75, 3.05) is 18.1 Å². The lowest BCUT2D eigenvalue weighted by molar-refractivity contribution is -0.514. The minimum Gasteiger partial charge on any atom is -0.461 e. The molecular weight excluding hydrogens is 320 g/mol. The van der Waals surface area contributed by atoms with Gasteiger partial charge in [0.2, 0.25) is 0 Å². The van der Waals surface area contributed by atoms with Crippen LogP contribution >= 0.6 is 0 Å². The predicted octanol–water partition coefficient (Wildman–Crippen LogP) is 3.00. The zero-order chi connectivity index (χ0) is 17.8. The molecule has 0 aliphatic carbocycles. The van der Waals surface area contributed by atoms with Crippen LogP contribution in [0.15, 0.2) is 54.6 Å². The first-order valence-corrected chi connectivity index (χ1v) is 8.33. The third kappa shape index (κ3) is 3.33. The molecule has 0 amide bonds. The lowest BCUT2D eigenvalue weighted by atomic mass is 9.88. The number of rotatable bonds is 5. The minimum atomic E-state index is -1.47. The van der Waals surface area contributed by atoms with Crippen molar-refractivity contribution in [1.29, 1.82) is 0 Å². The summed E-state index contributed by atoms with van der Waals surface area (Å²) in [6, 6.07) is 14.9. The third-order valence-electron chi connectivity index (χ3n) is 4.47. The predicted molar refractivity (Wildman–Crippen MR) is 94.1 cm³/mol. The molecule has 2 atom stereocenters. The van der Waals surface area contributed by atoms with Gasteiger partial charge >= 0.3 is 12.0 Å². The maximum Gasteiger partial charge on any atom is 0.384 e. The van der Waals surface area contributed by atoms with Crippen LogP contribution in [0.4, 0.5) is 5.69 Å². The first kappa shape index (κ1) is 17.0. The van der Waals surface area contributed by atoms with Crippen molar-refractivity contribution in [3.63, 3.8) is 0 Å². The number of nitrogens with zero attached hydrogens (tertiary/aromatic N) is 2. The standard InChI is InChI=1S/C19H20N2O4/c1-2-25-19(22)18(21(23)24)17-16-11-7-6-8-14(16)12-13-20(17)15-9-4-3-5-10-15/h3-11,17-18H,2,12-13H2,1H3. The van der Waals surface area contributed by atoms with Gasteiger partial charge in [-0.2, -0.15) is 0 Å². The number of anilines is 1. The van der Waals surface area contributed by atoms with Crippen molar-refractivity contribution in [3.05, 3.63) is 75.8 Å². The van der Waals surface area contributed by atoms with Gasteiger partial charge in [0.1, 0.15) is 6.04 Å². The molecule has 1 aliphatic rings. The number of ether oxygens (including phenoxy) is 1. The summed E-state index contributed by atoms with van der Waals surface area (Å²) in [6.45, 7) is 2.37. The molecule has 25 heavy (non-hydrogen) atoms. The van der Waals surface area contributed by atoms with E-state index in [2.05, 4.69) is 0 Å². The second-order valence-electron chi connectivity index (χ2n) is 5.90. The van der Waals surface area contributed by atoms with E-state index in [1.54, 1.807) is 6.92 Å². The molecule has 0 radical (unpaired) electrons. The Balaban J connectivity index is 2.10. The van der Waals surface area contributed by atoms with E-state index in [4.69, 9.17) is 4.74 Å². The number of carbonyl (C=O) groups is 1. The molecule has 1 aliphatic heterocycles. The summed E-state index contributed by atoms with van der Waals surface area (Å²) in [5.41, 5.74) is 2.71. The Bertz CT molecular complexity index is 763. The van der Waals surface area contributed by atoms with Gasteiger partial charge in [0, 0.05) is 17.2 Å². The highest BCUT2D eigenvalue weighted by Crippen LogP contribution is 2.37. The van der Waals surface area contributed by atoms with Crippen LogP contribution in [-0.4, -0.2) is 30.1 Å². The van der Waals surface area contributed by atoms with Crippen LogP contribution in [0, 0.1) is 10.1 Å². The first-order valence-electron chi connectivity index (χ1n) is 8.33. The number of benzene rings is 2. The molecule has 0 bridgehead atoms. The van der Waals surface area contributed by atoms with Gasteiger partial charge in [-0.15, -0.1) is 0 Å². The molecule has 0 saturated heterocycles. The molecule has 2 aromatic rings. The maximum atomic E-state index is 12.4. The molecule has 130 valence electrons. The Hall–Kier alpha value is -2.89. The van der Waals surface area contributed by atoms with Gasteiger partial charge in [0.15, 0.2) is 0 Å². The second-order valence-corrected chi connectivity index (χ2v) is 5.90. The van der Waals surface area contributed by atoms with Crippen LogP contribution in [0.5, 0.6) is 0 Å². The normalized spacial score (nSPS) is 17.5. The van der Waals surface area contributed by atoms with Gasteiger partial charge in [0.05, 0.1) is 6.61 Å². The van der Waals surface area contributed by atoms with Crippen LogP contribution < -0.4 is 4.90 Å². The number of hydrogen-bond acceptors (Lipinski definition) is 5. The monoisotopic (exact) mass is 340 g/mol. The average Bonchev–Trinajstić information content (AvgIpc) is 2.62. The maximum absolute atomic E-state index is 12.4. The van der Waals surface area contributed by atoms with Crippen molar-refractivity contribution < 1.29 is 14.5 Å². The van der Waals surface area contributed by atoms with Gasteiger partial charge in [-0.3, -0.25) is 10.1 Å². The lowest BCUT2D eigenvalue weighted by Crippen LogP contribution is -2.48. The largest absolute Gasteiger partial charge is 0.461 e. The molecule has 0 spiro atoms. The molecule has 6 nitrogen and oxygen atoms in total. The van der Waals surface area contributed by atoms with E-state index in [0.717, 1.165) is 23.2 Å². The fourth-order valence-electron chi connectivity index (χ4n) is 3.41. The van der Waals surface area contributed by atoms with Crippen molar-refractivity contribution >= 4 is 11.7 Å². The molecule has 2 unspecified atom stereocenters. The fourth-order valence-corrected chi connectivity index (χ4v) is 3.41. The molecule has 0 fully saturated rings. The molecule has 0 N–H and O–H groups in total. The Labute approximate surface area is 146 Å². The van der Waals surface area contributed by atoms with Gasteiger partial charge in [-0.25, -0.2) is 4.79 Å². The van der Waals surface area contributed by atoms with Crippen molar-refractivity contribution in [1.82, 2.24) is 0 Å². The zero-order valence-corrected chi connectivity index (χ0v) is 14.0. The molecule has 3 rings (SSSR count). The van der Waals surface area contributed by atoms with Crippen molar-refractivity contribution in [3.8, 4) is 0 Å². The lowest BCUT2D eigenvalue weighted by Gasteiger charge is -2.39. The number of hydrogen-bond donors (Lipinski definition) is 0. The van der Waals surface area contributed by atoms with Gasteiger partial charge in [0.25, 0.3) is 0 Å². The Morgan fingerprint density at radius 2 is 1.92 bits per heavy atom. The first-order chi connectivity index (χ1) is 12.1. The summed E-state index contributed by atoms with van der Waals surface area (Å²) in [5, 5.41) is 11.8. The van der Waals surface area contributed by atoms with E-state index in [0.29, 0.717) is 6.54 Å². The summed E-state index contributed by atoms with van der Waals surface area (Å²) in [4.78, 5) is 25.6. The average molecular weight is 340 g/mol. The Kier molecular flexibility index (Phi) is 4.97. The number of esters is 1. The van der Waals surface area contributed by atoms with Crippen LogP contribution in [0.3, 0.4) is 0 Å². The quantitative estimate of drug-likeness (QED) is 0.475. The molecule has 0 aromatic heterocycles. The van der Waals surface area contributed by atoms with E-state index in [9.17, 15) is 14.9 Å². The third-order valence-corrected chi connectivity index (χ3v) is 4.47. The fraction of sp³-hybridized carbons (Fsp3) is 0.316. The Morgan fingerprint density at radius 1 is 1.24 bits per heavy atom. The number of para-hydroxylation sites is 1. The van der Waals surface area contributed by atoms with Crippen LogP contribution in [0.25, 0.3) is 0 Å². The summed E-state index contributed by atoms with van der Waals surface area (Å²) in [7, 11) is 0. The summed E-state index contributed by atoms with van der Waals surface area (Å²) >= 11 is 0. The number of carbonyl (C=O) groups excluding carboxylic acids is 1. The highest BCUT2D eigenvalue weighted by atomic mass is 16.6. The van der Waals surface area contributed by atoms with E-state index in [1.807, 2.05) is 59.5 Å². The van der Waals surface area contributed by atoms with Crippen LogP contribution in [0.1, 0.15) is 24.1 Å². The summed E-state index contributed by atoms with van der Waals surface area (Å²) in [6.07, 6.45) is 0.773. The summed E-state index contributed by atoms with van der Waals surface area (Å²) in [5.74, 6) is -0.796. The van der Waals surface area contributed by atoms with Crippen LogP contribution in [-0.2, 0) is 16.0 Å². The zero-order valence-electron chi connectivity index (χ0n) is 14.0. The van der Waals surface area contributed by atoms with Crippen LogP contribution in [0.2, 0.25) is 0 Å². The van der Waals surface area contributed by atoms with E-state index >= 15 is 0 Å². The molecular formula is C19H20N2O4. The SMILES string of the molecule is CCOC(=O)C(C1c2ccccc2CCN1c1ccccc1)[N+](=O)[O-]. The highest BCUT2D eigenvalue weighted by molar-refractivity contribution is 5.77. The molecule has 0 saturated carbocycles. The Morgan fingerprint density at radius 3 is 2.60 bits per heavy atom. The van der Waals surface area contributed by atoms with Crippen molar-refractivity contribution in [2.45, 2.75) is 25.4 Å². The topological polar surface area (TPSA) is 72.7 Å². The molecule has 1 heterocycles. The van der Waals surface area contributed by atoms with E-state index < -0.39 is 23.0 Å². The smallest absolute Gasteiger partial charge is 0.384 e. The molecule has 2 aromatic carbocycles. The van der Waals surface area contributed by atoms with E-state index in [1.165, 1.54) is 0 Å². The molecule has 6 heteroatoms. The summed E-state index contributed by atoms with van der Waals surface area (Å²) < 4.78 is 5.01. The van der Waals surface area contributed by atoms with Crippen molar-refractivity contribution in [2.24, 2.45) is 0 Å². The van der Waals surface area contributed by atoms with E-state index in [-0.39, 0.29) is 6.61 Å². The highest BCUT2D eigenvalue weighted by Gasteiger charge is 2.46. The second kappa shape index (κ2) is 7.34. The number of fused-ring (bicyclic) bond motifs is 1. The van der Waals surface area contributed by atoms with Gasteiger partial charge in [-0.1, -0.05) is 42.5 Å².